The molecule has 0 bridgehead atoms. The number of nitro groups is 2. The van der Waals surface area contributed by atoms with Gasteiger partial charge in [-0.05, 0) is 6.07 Å². The minimum Gasteiger partial charge on any atom is -0.419 e. The lowest BCUT2D eigenvalue weighted by Gasteiger charge is -2.32. The van der Waals surface area contributed by atoms with Crippen molar-refractivity contribution >= 4 is 20.0 Å². The molecule has 1 aromatic rings. The second-order valence-electron chi connectivity index (χ2n) is 5.19. The van der Waals surface area contributed by atoms with Crippen LogP contribution in [0.15, 0.2) is 18.2 Å². The summed E-state index contributed by atoms with van der Waals surface area (Å²) >= 11 is 0. The van der Waals surface area contributed by atoms with Gasteiger partial charge in [0.05, 0.1) is 29.1 Å². The zero-order chi connectivity index (χ0) is 15.6. The molecule has 10 heteroatoms. The Bertz CT molecular complexity index is 568. The van der Waals surface area contributed by atoms with Crippen LogP contribution in [-0.4, -0.2) is 23.1 Å². The fourth-order valence-electron chi connectivity index (χ4n) is 1.51. The molecule has 0 saturated carbocycles. The van der Waals surface area contributed by atoms with Gasteiger partial charge in [-0.15, -0.1) is 0 Å². The highest BCUT2D eigenvalue weighted by atomic mass is 31.2. The Kier molecular flexibility index (Phi) is 4.36. The Morgan fingerprint density at radius 1 is 1.19 bits per heavy atom. The first-order chi connectivity index (χ1) is 9.78. The molecule has 0 amide bonds. The van der Waals surface area contributed by atoms with E-state index in [1.54, 1.807) is 0 Å². The van der Waals surface area contributed by atoms with Crippen molar-refractivity contribution < 1.29 is 23.4 Å². The third-order valence-corrected chi connectivity index (χ3v) is 3.67. The summed E-state index contributed by atoms with van der Waals surface area (Å²) in [5.74, 6) is -0.114. The molecule has 1 saturated heterocycles. The van der Waals surface area contributed by atoms with Crippen LogP contribution in [0, 0.1) is 25.6 Å². The molecule has 0 radical (unpaired) electrons. The van der Waals surface area contributed by atoms with Crippen molar-refractivity contribution in [2.45, 2.75) is 13.8 Å². The van der Waals surface area contributed by atoms with Crippen molar-refractivity contribution in [2.24, 2.45) is 5.41 Å². The molecule has 1 fully saturated rings. The molecule has 0 aliphatic carbocycles. The van der Waals surface area contributed by atoms with Crippen LogP contribution in [0.4, 0.5) is 11.4 Å². The lowest BCUT2D eigenvalue weighted by molar-refractivity contribution is -0.394. The lowest BCUT2D eigenvalue weighted by Crippen LogP contribution is -2.29. The van der Waals surface area contributed by atoms with E-state index >= 15 is 0 Å². The van der Waals surface area contributed by atoms with Gasteiger partial charge in [0.25, 0.3) is 5.69 Å². The van der Waals surface area contributed by atoms with E-state index in [0.29, 0.717) is 13.2 Å². The van der Waals surface area contributed by atoms with Gasteiger partial charge in [-0.2, -0.15) is 0 Å². The van der Waals surface area contributed by atoms with E-state index in [4.69, 9.17) is 13.6 Å². The number of rotatable bonds is 4. The van der Waals surface area contributed by atoms with Crippen LogP contribution < -0.4 is 4.52 Å². The lowest BCUT2D eigenvalue weighted by atomic mass is 9.97. The Hall–Kier alpha value is -1.83. The minimum atomic E-state index is -1.75. The second-order valence-corrected chi connectivity index (χ2v) is 6.34. The summed E-state index contributed by atoms with van der Waals surface area (Å²) in [4.78, 5) is 20.2. The number of hydrogen-bond donors (Lipinski definition) is 0. The molecule has 0 atom stereocenters. The second kappa shape index (κ2) is 5.88. The van der Waals surface area contributed by atoms with Gasteiger partial charge in [0.2, 0.25) is 5.75 Å². The number of benzene rings is 1. The maximum atomic E-state index is 11.0. The van der Waals surface area contributed by atoms with Gasteiger partial charge in [-0.25, -0.2) is 0 Å². The molecule has 0 aromatic heterocycles. The van der Waals surface area contributed by atoms with Gasteiger partial charge in [0.1, 0.15) is 0 Å². The maximum Gasteiger partial charge on any atom is 0.397 e. The van der Waals surface area contributed by atoms with Crippen molar-refractivity contribution in [1.82, 2.24) is 0 Å². The zero-order valence-corrected chi connectivity index (χ0v) is 12.2. The highest BCUT2D eigenvalue weighted by Gasteiger charge is 2.33. The standard InChI is InChI=1S/C11H13N2O7P/c1-11(2)6-18-21(19-7-11)20-10-4-3-8(12(14)15)5-9(10)13(16)17/h3-5H,6-7H2,1-2H3. The summed E-state index contributed by atoms with van der Waals surface area (Å²) in [7, 11) is -1.75. The van der Waals surface area contributed by atoms with Crippen LogP contribution in [0.1, 0.15) is 13.8 Å². The minimum absolute atomic E-state index is 0.114. The predicted molar refractivity (Wildman–Crippen MR) is 73.0 cm³/mol. The summed E-state index contributed by atoms with van der Waals surface area (Å²) in [5.41, 5.74) is -1.03. The summed E-state index contributed by atoms with van der Waals surface area (Å²) in [5, 5.41) is 21.6. The first-order valence-corrected chi connectivity index (χ1v) is 7.05. The molecule has 21 heavy (non-hydrogen) atoms. The van der Waals surface area contributed by atoms with Crippen LogP contribution in [0.25, 0.3) is 0 Å². The molecule has 1 aromatic carbocycles. The quantitative estimate of drug-likeness (QED) is 0.476. The van der Waals surface area contributed by atoms with Crippen molar-refractivity contribution in [3.63, 3.8) is 0 Å². The van der Waals surface area contributed by atoms with E-state index in [9.17, 15) is 20.2 Å². The molecule has 1 aliphatic heterocycles. The van der Waals surface area contributed by atoms with E-state index in [0.717, 1.165) is 12.1 Å². The molecular formula is C11H13N2O7P. The van der Waals surface area contributed by atoms with E-state index in [1.165, 1.54) is 6.07 Å². The van der Waals surface area contributed by atoms with Crippen molar-refractivity contribution in [2.75, 3.05) is 13.2 Å². The zero-order valence-electron chi connectivity index (χ0n) is 11.3. The van der Waals surface area contributed by atoms with Crippen LogP contribution in [0.5, 0.6) is 5.75 Å². The number of nitrogens with zero attached hydrogens (tertiary/aromatic N) is 2. The molecule has 0 unspecified atom stereocenters. The molecule has 1 heterocycles. The van der Waals surface area contributed by atoms with Gasteiger partial charge >= 0.3 is 14.3 Å². The molecule has 1 aliphatic rings. The largest absolute Gasteiger partial charge is 0.419 e. The molecule has 2 rings (SSSR count). The summed E-state index contributed by atoms with van der Waals surface area (Å²) < 4.78 is 16.1. The first-order valence-electron chi connectivity index (χ1n) is 5.95. The van der Waals surface area contributed by atoms with Gasteiger partial charge < -0.3 is 13.6 Å². The SMILES string of the molecule is CC1(C)COP(Oc2ccc([N+](=O)[O-])cc2[N+](=O)[O-])OC1. The molecule has 9 nitrogen and oxygen atoms in total. The molecular weight excluding hydrogens is 303 g/mol. The van der Waals surface area contributed by atoms with Crippen molar-refractivity contribution in [3.05, 3.63) is 38.4 Å². The fraction of sp³-hybridized carbons (Fsp3) is 0.455. The average Bonchev–Trinajstić information content (AvgIpc) is 2.41. The van der Waals surface area contributed by atoms with Gasteiger partial charge in [0.15, 0.2) is 0 Å². The van der Waals surface area contributed by atoms with E-state index in [1.807, 2.05) is 13.8 Å². The van der Waals surface area contributed by atoms with Gasteiger partial charge in [-0.1, -0.05) is 13.8 Å². The monoisotopic (exact) mass is 316 g/mol. The Labute approximate surface area is 121 Å². The normalized spacial score (nSPS) is 18.2. The highest BCUT2D eigenvalue weighted by Crippen LogP contribution is 2.49. The fourth-order valence-corrected chi connectivity index (χ4v) is 2.91. The smallest absolute Gasteiger partial charge is 0.397 e. The van der Waals surface area contributed by atoms with Crippen molar-refractivity contribution in [3.8, 4) is 5.75 Å². The number of non-ortho nitro benzene ring substituents is 1. The molecule has 0 N–H and O–H groups in total. The summed E-state index contributed by atoms with van der Waals surface area (Å²) in [6, 6.07) is 3.15. The third-order valence-electron chi connectivity index (χ3n) is 2.64. The van der Waals surface area contributed by atoms with Crippen LogP contribution in [-0.2, 0) is 9.05 Å². The van der Waals surface area contributed by atoms with E-state index in [-0.39, 0.29) is 16.9 Å². The van der Waals surface area contributed by atoms with Crippen LogP contribution in [0.3, 0.4) is 0 Å². The molecule has 0 spiro atoms. The van der Waals surface area contributed by atoms with Crippen molar-refractivity contribution in [1.29, 1.82) is 0 Å². The number of hydrogen-bond acceptors (Lipinski definition) is 7. The highest BCUT2D eigenvalue weighted by molar-refractivity contribution is 7.42. The summed E-state index contributed by atoms with van der Waals surface area (Å²) in [6.45, 7) is 4.71. The van der Waals surface area contributed by atoms with Crippen LogP contribution >= 0.6 is 8.60 Å². The Morgan fingerprint density at radius 2 is 1.81 bits per heavy atom. The predicted octanol–water partition coefficient (Wildman–Crippen LogP) is 3.18. The topological polar surface area (TPSA) is 114 Å². The number of nitro benzene ring substituents is 2. The first kappa shape index (κ1) is 15.6. The third kappa shape index (κ3) is 3.84. The summed E-state index contributed by atoms with van der Waals surface area (Å²) in [6.07, 6.45) is 0. The van der Waals surface area contributed by atoms with E-state index in [2.05, 4.69) is 0 Å². The Morgan fingerprint density at radius 3 is 2.33 bits per heavy atom. The van der Waals surface area contributed by atoms with Gasteiger partial charge in [-0.3, -0.25) is 20.2 Å². The van der Waals surface area contributed by atoms with E-state index < -0.39 is 24.1 Å². The van der Waals surface area contributed by atoms with Gasteiger partial charge in [0, 0.05) is 11.5 Å². The van der Waals surface area contributed by atoms with Crippen LogP contribution in [0.2, 0.25) is 0 Å². The average molecular weight is 316 g/mol. The maximum absolute atomic E-state index is 11.0. The Balaban J connectivity index is 2.16. The molecule has 114 valence electrons.